The third-order valence-electron chi connectivity index (χ3n) is 0. The van der Waals surface area contributed by atoms with Crippen molar-refractivity contribution < 1.29 is 70.7 Å². The molecule has 5 heteroatoms. The summed E-state index contributed by atoms with van der Waals surface area (Å²) in [5.41, 5.74) is 0. The summed E-state index contributed by atoms with van der Waals surface area (Å²) < 4.78 is 0. The van der Waals surface area contributed by atoms with E-state index in [-0.39, 0.29) is 79.1 Å². The van der Waals surface area contributed by atoms with Crippen molar-refractivity contribution in [2.45, 2.75) is 0 Å². The molecule has 0 aromatic carbocycles. The SMILES string of the molecule is B.[Cu].[Fe].[Mn].[Zn]. The first-order valence-corrected chi connectivity index (χ1v) is 0. The number of hydrogen-bond donors (Lipinski definition) is 0. The molecule has 2 radical (unpaired) electrons. The summed E-state index contributed by atoms with van der Waals surface area (Å²) in [5, 5.41) is 0. The molecule has 34 valence electrons. The van der Waals surface area contributed by atoms with Gasteiger partial charge in [-0.1, -0.05) is 0 Å². The largest absolute Gasteiger partial charge is 0.0814 e. The van der Waals surface area contributed by atoms with E-state index in [0.717, 1.165) is 0 Å². The Labute approximate surface area is 78.4 Å². The van der Waals surface area contributed by atoms with Gasteiger partial charge in [-0.25, -0.2) is 0 Å². The van der Waals surface area contributed by atoms with E-state index in [2.05, 4.69) is 0 Å². The van der Waals surface area contributed by atoms with Gasteiger partial charge in [0.25, 0.3) is 0 Å². The molecule has 0 fully saturated rings. The molecule has 0 bridgehead atoms. The van der Waals surface area contributed by atoms with E-state index in [9.17, 15) is 0 Å². The monoisotopic (exact) mass is 252 g/mol. The maximum absolute atomic E-state index is 0. The average Bonchev–Trinajstić information content (AvgIpc) is 0. The van der Waals surface area contributed by atoms with Crippen LogP contribution in [0.1, 0.15) is 0 Å². The molecular weight excluding hydrogens is 251 g/mol. The van der Waals surface area contributed by atoms with Gasteiger partial charge < -0.3 is 0 Å². The minimum absolute atomic E-state index is 0. The van der Waals surface area contributed by atoms with Crippen LogP contribution in [0, 0.1) is 0 Å². The molecule has 0 amide bonds. The van der Waals surface area contributed by atoms with Gasteiger partial charge in [-0.05, 0) is 0 Å². The molecule has 0 atom stereocenters. The minimum atomic E-state index is 0. The first-order chi connectivity index (χ1) is 0. The van der Waals surface area contributed by atoms with Crippen molar-refractivity contribution in [2.24, 2.45) is 0 Å². The second-order valence-electron chi connectivity index (χ2n) is 0. The van der Waals surface area contributed by atoms with Gasteiger partial charge in [-0.2, -0.15) is 0 Å². The Hall–Kier alpha value is 2.25. The van der Waals surface area contributed by atoms with Crippen LogP contribution in [0.2, 0.25) is 0 Å². The van der Waals surface area contributed by atoms with Crippen LogP contribution in [0.4, 0.5) is 0 Å². The molecule has 0 nitrogen and oxygen atoms in total. The van der Waals surface area contributed by atoms with E-state index in [1.54, 1.807) is 0 Å². The van der Waals surface area contributed by atoms with Crippen LogP contribution in [-0.4, -0.2) is 8.41 Å². The van der Waals surface area contributed by atoms with Gasteiger partial charge in [0, 0.05) is 70.7 Å². The predicted molar refractivity (Wildman–Crippen MR) is 9.94 cm³/mol. The zero-order valence-corrected chi connectivity index (χ0v) is 7.93. The smallest absolute Gasteiger partial charge is 0 e. The molecule has 0 aliphatic heterocycles. The normalized spacial score (nSPS) is 0. The molecule has 0 spiro atoms. The fourth-order valence-corrected chi connectivity index (χ4v) is 0. The fraction of sp³-hybridized carbons (Fsp3) is 0. The van der Waals surface area contributed by atoms with Crippen LogP contribution in [0.25, 0.3) is 0 Å². The van der Waals surface area contributed by atoms with E-state index >= 15 is 0 Å². The predicted octanol–water partition coefficient (Wildman–Crippen LogP) is -1.19. The topological polar surface area (TPSA) is 0 Å². The van der Waals surface area contributed by atoms with Gasteiger partial charge in [0.05, 0.1) is 8.41 Å². The zero-order chi connectivity index (χ0) is 0. The molecule has 0 rings (SSSR count). The van der Waals surface area contributed by atoms with Gasteiger partial charge in [0.2, 0.25) is 0 Å². The molecule has 0 saturated heterocycles. The minimum Gasteiger partial charge on any atom is 0 e. The average molecular weight is 254 g/mol. The van der Waals surface area contributed by atoms with Crippen molar-refractivity contribution in [3.63, 3.8) is 0 Å². The molecule has 0 N–H and O–H groups in total. The van der Waals surface area contributed by atoms with E-state index in [4.69, 9.17) is 0 Å². The summed E-state index contributed by atoms with van der Waals surface area (Å²) in [6.45, 7) is 0. The van der Waals surface area contributed by atoms with Crippen LogP contribution in [-0.2, 0) is 70.7 Å². The third-order valence-corrected chi connectivity index (χ3v) is 0. The molecule has 0 aromatic heterocycles. The maximum Gasteiger partial charge on any atom is 0.0814 e. The first-order valence-electron chi connectivity index (χ1n) is 0. The van der Waals surface area contributed by atoms with Gasteiger partial charge in [-0.15, -0.1) is 0 Å². The van der Waals surface area contributed by atoms with Gasteiger partial charge >= 0.3 is 0 Å². The summed E-state index contributed by atoms with van der Waals surface area (Å²) >= 11 is 0. The second kappa shape index (κ2) is 34.1. The molecule has 0 saturated carbocycles. The Bertz CT molecular complexity index is 11.6. The molecule has 0 unspecified atom stereocenters. The van der Waals surface area contributed by atoms with Crippen molar-refractivity contribution in [3.05, 3.63) is 0 Å². The van der Waals surface area contributed by atoms with E-state index < -0.39 is 0 Å². The van der Waals surface area contributed by atoms with Crippen LogP contribution in [0.15, 0.2) is 0 Å². The van der Waals surface area contributed by atoms with Crippen LogP contribution in [0.3, 0.4) is 0 Å². The quantitative estimate of drug-likeness (QED) is 0.476. The summed E-state index contributed by atoms with van der Waals surface area (Å²) in [6.07, 6.45) is 0. The van der Waals surface area contributed by atoms with Crippen molar-refractivity contribution in [1.29, 1.82) is 0 Å². The van der Waals surface area contributed by atoms with Crippen molar-refractivity contribution >= 4 is 8.41 Å². The van der Waals surface area contributed by atoms with E-state index in [0.29, 0.717) is 0 Å². The maximum atomic E-state index is 0. The fourth-order valence-electron chi connectivity index (χ4n) is 0. The molecule has 0 heterocycles. The van der Waals surface area contributed by atoms with E-state index in [1.807, 2.05) is 0 Å². The van der Waals surface area contributed by atoms with Crippen molar-refractivity contribution in [1.82, 2.24) is 0 Å². The summed E-state index contributed by atoms with van der Waals surface area (Å²) in [7, 11) is 0. The Morgan fingerprint density at radius 2 is 1.00 bits per heavy atom. The summed E-state index contributed by atoms with van der Waals surface area (Å²) in [6, 6.07) is 0. The Kier molecular flexibility index (Phi) is 382. The summed E-state index contributed by atoms with van der Waals surface area (Å²) in [4.78, 5) is 0. The van der Waals surface area contributed by atoms with Crippen molar-refractivity contribution in [2.75, 3.05) is 0 Å². The Balaban J connectivity index is 0. The Morgan fingerprint density at radius 3 is 1.00 bits per heavy atom. The molecule has 5 heavy (non-hydrogen) atoms. The molecule has 0 aliphatic rings. The summed E-state index contributed by atoms with van der Waals surface area (Å²) in [5.74, 6) is 0. The number of rotatable bonds is 0. The standard InChI is InChI=1S/BH3.Cu.Fe.Mn.Zn/h1H3;;;;. The molecule has 0 aliphatic carbocycles. The van der Waals surface area contributed by atoms with Crippen LogP contribution < -0.4 is 0 Å². The van der Waals surface area contributed by atoms with Gasteiger partial charge in [-0.3, -0.25) is 0 Å². The van der Waals surface area contributed by atoms with E-state index in [1.165, 1.54) is 0 Å². The van der Waals surface area contributed by atoms with Crippen molar-refractivity contribution in [3.8, 4) is 0 Å². The Morgan fingerprint density at radius 1 is 1.00 bits per heavy atom. The van der Waals surface area contributed by atoms with Crippen LogP contribution in [0.5, 0.6) is 0 Å². The third kappa shape index (κ3) is 22.3. The zero-order valence-electron chi connectivity index (χ0n) is 1.74. The molecule has 0 aromatic rings. The number of hydrogen-bond acceptors (Lipinski definition) is 0. The first kappa shape index (κ1) is 56.0. The van der Waals surface area contributed by atoms with Gasteiger partial charge in [0.15, 0.2) is 0 Å². The molecular formula is H3BCuFeMnZn. The van der Waals surface area contributed by atoms with Crippen LogP contribution >= 0.6 is 0 Å². The van der Waals surface area contributed by atoms with Gasteiger partial charge in [0.1, 0.15) is 0 Å². The second-order valence-corrected chi connectivity index (χ2v) is 0.